The molecule has 0 spiro atoms. The highest BCUT2D eigenvalue weighted by molar-refractivity contribution is 6.32. The standard InChI is InChI=1S/C8H6ClN3O3/c9-7-2-1-6(4-10-11-5-13)3-8(7)12(14)15/h1-5H,(H,11,13)/b10-4-. The average Bonchev–Trinajstić information content (AvgIpc) is 2.20. The Bertz CT molecular complexity index is 420. The molecular formula is C8H6ClN3O3. The van der Waals surface area contributed by atoms with Gasteiger partial charge in [0.2, 0.25) is 6.41 Å². The second-order valence-corrected chi connectivity index (χ2v) is 2.88. The normalized spacial score (nSPS) is 10.2. The molecule has 0 aromatic heterocycles. The van der Waals surface area contributed by atoms with E-state index >= 15 is 0 Å². The maximum absolute atomic E-state index is 10.5. The Balaban J connectivity index is 2.97. The molecule has 1 aromatic rings. The fraction of sp³-hybridized carbons (Fsp3) is 0. The van der Waals surface area contributed by atoms with Crippen molar-refractivity contribution in [3.05, 3.63) is 38.9 Å². The Morgan fingerprint density at radius 1 is 1.53 bits per heavy atom. The Morgan fingerprint density at radius 3 is 2.87 bits per heavy atom. The second kappa shape index (κ2) is 5.06. The van der Waals surface area contributed by atoms with Gasteiger partial charge < -0.3 is 0 Å². The van der Waals surface area contributed by atoms with Gasteiger partial charge in [-0.3, -0.25) is 14.9 Å². The van der Waals surface area contributed by atoms with Crippen LogP contribution in [-0.4, -0.2) is 17.5 Å². The van der Waals surface area contributed by atoms with E-state index in [0.29, 0.717) is 12.0 Å². The molecule has 15 heavy (non-hydrogen) atoms. The molecule has 0 bridgehead atoms. The zero-order valence-electron chi connectivity index (χ0n) is 7.38. The van der Waals surface area contributed by atoms with Gasteiger partial charge in [-0.2, -0.15) is 5.10 Å². The molecule has 7 heteroatoms. The zero-order valence-corrected chi connectivity index (χ0v) is 8.14. The first kappa shape index (κ1) is 11.1. The number of nitrogens with one attached hydrogen (secondary N) is 1. The monoisotopic (exact) mass is 227 g/mol. The number of hydrogen-bond acceptors (Lipinski definition) is 4. The van der Waals surface area contributed by atoms with E-state index in [4.69, 9.17) is 11.6 Å². The van der Waals surface area contributed by atoms with Crippen LogP contribution >= 0.6 is 11.6 Å². The van der Waals surface area contributed by atoms with Gasteiger partial charge in [-0.05, 0) is 6.07 Å². The number of nitro groups is 1. The van der Waals surface area contributed by atoms with Gasteiger partial charge in [0.25, 0.3) is 5.69 Å². The third-order valence-electron chi connectivity index (χ3n) is 1.51. The first-order valence-corrected chi connectivity index (χ1v) is 4.19. The van der Waals surface area contributed by atoms with Gasteiger partial charge >= 0.3 is 0 Å². The molecule has 0 unspecified atom stereocenters. The molecule has 0 radical (unpaired) electrons. The van der Waals surface area contributed by atoms with E-state index in [0.717, 1.165) is 0 Å². The van der Waals surface area contributed by atoms with Crippen LogP contribution < -0.4 is 5.43 Å². The first-order chi connectivity index (χ1) is 7.15. The van der Waals surface area contributed by atoms with Crippen molar-refractivity contribution in [3.8, 4) is 0 Å². The fourth-order valence-corrected chi connectivity index (χ4v) is 1.08. The molecule has 0 aliphatic rings. The molecule has 0 aliphatic heterocycles. The van der Waals surface area contributed by atoms with Gasteiger partial charge in [-0.15, -0.1) is 0 Å². The van der Waals surface area contributed by atoms with E-state index in [1.807, 2.05) is 5.43 Å². The van der Waals surface area contributed by atoms with Gasteiger partial charge in [-0.25, -0.2) is 5.43 Å². The predicted octanol–water partition coefficient (Wildman–Crippen LogP) is 1.33. The quantitative estimate of drug-likeness (QED) is 0.364. The lowest BCUT2D eigenvalue weighted by Gasteiger charge is -1.96. The first-order valence-electron chi connectivity index (χ1n) is 3.81. The van der Waals surface area contributed by atoms with Gasteiger partial charge in [0.15, 0.2) is 0 Å². The summed E-state index contributed by atoms with van der Waals surface area (Å²) >= 11 is 5.59. The number of hydrogen-bond donors (Lipinski definition) is 1. The van der Waals surface area contributed by atoms with Crippen LogP contribution in [-0.2, 0) is 4.79 Å². The summed E-state index contributed by atoms with van der Waals surface area (Å²) in [5, 5.41) is 14.0. The molecular weight excluding hydrogens is 222 g/mol. The van der Waals surface area contributed by atoms with Crippen molar-refractivity contribution in [2.24, 2.45) is 5.10 Å². The van der Waals surface area contributed by atoms with Crippen LogP contribution in [0.1, 0.15) is 5.56 Å². The maximum Gasteiger partial charge on any atom is 0.288 e. The van der Waals surface area contributed by atoms with Gasteiger partial charge in [-0.1, -0.05) is 17.7 Å². The summed E-state index contributed by atoms with van der Waals surface area (Å²) in [6, 6.07) is 4.20. The van der Waals surface area contributed by atoms with Crippen molar-refractivity contribution in [2.45, 2.75) is 0 Å². The maximum atomic E-state index is 10.5. The SMILES string of the molecule is O=CN/N=C\c1ccc(Cl)c([N+](=O)[O-])c1. The molecule has 0 heterocycles. The molecule has 1 aromatic carbocycles. The fourth-order valence-electron chi connectivity index (χ4n) is 0.892. The van der Waals surface area contributed by atoms with E-state index < -0.39 is 4.92 Å². The smallest absolute Gasteiger partial charge is 0.277 e. The van der Waals surface area contributed by atoms with Crippen LogP contribution in [0.3, 0.4) is 0 Å². The molecule has 1 rings (SSSR count). The Labute approximate surface area is 89.7 Å². The third kappa shape index (κ3) is 3.03. The lowest BCUT2D eigenvalue weighted by molar-refractivity contribution is -0.384. The van der Waals surface area contributed by atoms with E-state index in [9.17, 15) is 14.9 Å². The van der Waals surface area contributed by atoms with Gasteiger partial charge in [0, 0.05) is 11.6 Å². The summed E-state index contributed by atoms with van der Waals surface area (Å²) in [7, 11) is 0. The van der Waals surface area contributed by atoms with Crippen molar-refractivity contribution >= 4 is 29.9 Å². The lowest BCUT2D eigenvalue weighted by Crippen LogP contribution is -2.00. The van der Waals surface area contributed by atoms with Crippen molar-refractivity contribution in [2.75, 3.05) is 0 Å². The number of halogens is 1. The van der Waals surface area contributed by atoms with Gasteiger partial charge in [0.05, 0.1) is 11.1 Å². The number of carbonyl (C=O) groups excluding carboxylic acids is 1. The Morgan fingerprint density at radius 2 is 2.27 bits per heavy atom. The van der Waals surface area contributed by atoms with Crippen LogP contribution in [0.15, 0.2) is 23.3 Å². The second-order valence-electron chi connectivity index (χ2n) is 2.47. The zero-order chi connectivity index (χ0) is 11.3. The minimum Gasteiger partial charge on any atom is -0.277 e. The molecule has 0 saturated carbocycles. The van der Waals surface area contributed by atoms with Crippen LogP contribution in [0.25, 0.3) is 0 Å². The molecule has 0 saturated heterocycles. The number of amides is 1. The summed E-state index contributed by atoms with van der Waals surface area (Å²) < 4.78 is 0. The third-order valence-corrected chi connectivity index (χ3v) is 1.83. The number of benzene rings is 1. The summed E-state index contributed by atoms with van der Waals surface area (Å²) in [6.45, 7) is 0. The summed E-state index contributed by atoms with van der Waals surface area (Å²) in [5.74, 6) is 0. The molecule has 0 fully saturated rings. The minimum atomic E-state index is -0.590. The number of carbonyl (C=O) groups is 1. The van der Waals surface area contributed by atoms with Crippen molar-refractivity contribution in [1.82, 2.24) is 5.43 Å². The summed E-state index contributed by atoms with van der Waals surface area (Å²) in [6.07, 6.45) is 1.67. The largest absolute Gasteiger partial charge is 0.288 e. The highest BCUT2D eigenvalue weighted by Gasteiger charge is 2.11. The molecule has 78 valence electrons. The van der Waals surface area contributed by atoms with Crippen molar-refractivity contribution in [3.63, 3.8) is 0 Å². The minimum absolute atomic E-state index is 0.0560. The highest BCUT2D eigenvalue weighted by atomic mass is 35.5. The summed E-state index contributed by atoms with van der Waals surface area (Å²) in [5.41, 5.74) is 2.32. The van der Waals surface area contributed by atoms with E-state index in [1.165, 1.54) is 18.3 Å². The van der Waals surface area contributed by atoms with Crippen molar-refractivity contribution < 1.29 is 9.72 Å². The van der Waals surface area contributed by atoms with Crippen LogP contribution in [0.4, 0.5) is 5.69 Å². The molecule has 0 aliphatic carbocycles. The van der Waals surface area contributed by atoms with Gasteiger partial charge in [0.1, 0.15) is 5.02 Å². The molecule has 0 atom stereocenters. The van der Waals surface area contributed by atoms with Crippen molar-refractivity contribution in [1.29, 1.82) is 0 Å². The lowest BCUT2D eigenvalue weighted by atomic mass is 10.2. The highest BCUT2D eigenvalue weighted by Crippen LogP contribution is 2.24. The molecule has 6 nitrogen and oxygen atoms in total. The Hall–Kier alpha value is -1.95. The number of nitrogens with zero attached hydrogens (tertiary/aromatic N) is 2. The average molecular weight is 228 g/mol. The molecule has 1 amide bonds. The predicted molar refractivity (Wildman–Crippen MR) is 54.9 cm³/mol. The number of hydrazone groups is 1. The van der Waals surface area contributed by atoms with Crippen LogP contribution in [0, 0.1) is 10.1 Å². The van der Waals surface area contributed by atoms with E-state index in [2.05, 4.69) is 5.10 Å². The van der Waals surface area contributed by atoms with Crippen LogP contribution in [0.5, 0.6) is 0 Å². The number of nitro benzene ring substituents is 1. The number of rotatable bonds is 4. The Kier molecular flexibility index (Phi) is 3.75. The molecule has 1 N–H and O–H groups in total. The summed E-state index contributed by atoms with van der Waals surface area (Å²) in [4.78, 5) is 19.8. The van der Waals surface area contributed by atoms with E-state index in [-0.39, 0.29) is 10.7 Å². The topological polar surface area (TPSA) is 84.6 Å². The van der Waals surface area contributed by atoms with Crippen LogP contribution in [0.2, 0.25) is 5.02 Å². The van der Waals surface area contributed by atoms with E-state index in [1.54, 1.807) is 6.07 Å².